The Kier molecular flexibility index (Phi) is 4.40. The molecule has 1 fully saturated rings. The molecule has 0 saturated heterocycles. The van der Waals surface area contributed by atoms with E-state index in [2.05, 4.69) is 36.1 Å². The zero-order valence-corrected chi connectivity index (χ0v) is 11.9. The van der Waals surface area contributed by atoms with Crippen molar-refractivity contribution in [3.05, 3.63) is 11.1 Å². The maximum Gasteiger partial charge on any atom is 0.185 e. The molecule has 1 aliphatic carbocycles. The monoisotopic (exact) mass is 253 g/mol. The Hall–Kier alpha value is -0.610. The quantitative estimate of drug-likeness (QED) is 0.757. The Bertz CT molecular complexity index is 350. The van der Waals surface area contributed by atoms with Crippen LogP contribution in [0.4, 0.5) is 5.13 Å². The molecule has 2 rings (SSSR count). The van der Waals surface area contributed by atoms with Gasteiger partial charge in [-0.15, -0.1) is 11.3 Å². The van der Waals surface area contributed by atoms with Crippen LogP contribution in [0.5, 0.6) is 0 Å². The molecule has 1 aromatic rings. The number of hydrogen-bond donors (Lipinski definition) is 1. The molecule has 1 N–H and O–H groups in total. The molecule has 1 heterocycles. The van der Waals surface area contributed by atoms with Gasteiger partial charge in [0.25, 0.3) is 0 Å². The average molecular weight is 253 g/mol. The lowest BCUT2D eigenvalue weighted by molar-refractivity contribution is 0.681. The highest BCUT2D eigenvalue weighted by molar-refractivity contribution is 7.15. The van der Waals surface area contributed by atoms with E-state index in [1.807, 2.05) is 17.5 Å². The molecule has 3 nitrogen and oxygen atoms in total. The second-order valence-electron chi connectivity index (χ2n) is 5.14. The fourth-order valence-electron chi connectivity index (χ4n) is 2.03. The van der Waals surface area contributed by atoms with E-state index in [0.717, 1.165) is 36.6 Å². The third-order valence-corrected chi connectivity index (χ3v) is 4.49. The van der Waals surface area contributed by atoms with Crippen molar-refractivity contribution >= 4 is 16.5 Å². The van der Waals surface area contributed by atoms with Gasteiger partial charge < -0.3 is 10.2 Å². The summed E-state index contributed by atoms with van der Waals surface area (Å²) in [6, 6.07) is 0. The van der Waals surface area contributed by atoms with Gasteiger partial charge in [0.15, 0.2) is 5.13 Å². The van der Waals surface area contributed by atoms with E-state index in [1.54, 1.807) is 0 Å². The smallest absolute Gasteiger partial charge is 0.185 e. The van der Waals surface area contributed by atoms with Gasteiger partial charge in [-0.2, -0.15) is 0 Å². The normalized spacial score (nSPS) is 22.8. The minimum Gasteiger partial charge on any atom is -0.351 e. The van der Waals surface area contributed by atoms with Crippen LogP contribution in [0.25, 0.3) is 0 Å². The summed E-state index contributed by atoms with van der Waals surface area (Å²) in [5.41, 5.74) is 0. The zero-order chi connectivity index (χ0) is 12.3. The molecule has 1 saturated carbocycles. The molecule has 17 heavy (non-hydrogen) atoms. The summed E-state index contributed by atoms with van der Waals surface area (Å²) >= 11 is 1.81. The fourth-order valence-corrected chi connectivity index (χ4v) is 2.88. The maximum atomic E-state index is 4.51. The Morgan fingerprint density at radius 1 is 1.59 bits per heavy atom. The molecule has 0 radical (unpaired) electrons. The fraction of sp³-hybridized carbons (Fsp3) is 0.769. The molecular formula is C13H23N3S. The van der Waals surface area contributed by atoms with Crippen molar-refractivity contribution in [2.45, 2.75) is 33.2 Å². The predicted octanol–water partition coefficient (Wildman–Crippen LogP) is 2.73. The van der Waals surface area contributed by atoms with Gasteiger partial charge in [-0.05, 0) is 31.2 Å². The Labute approximate surface area is 108 Å². The highest BCUT2D eigenvalue weighted by Gasteiger charge is 2.33. The van der Waals surface area contributed by atoms with E-state index in [-0.39, 0.29) is 0 Å². The van der Waals surface area contributed by atoms with Crippen molar-refractivity contribution in [2.24, 2.45) is 11.8 Å². The summed E-state index contributed by atoms with van der Waals surface area (Å²) in [7, 11) is 2.16. The van der Waals surface area contributed by atoms with Crippen LogP contribution < -0.4 is 10.2 Å². The van der Waals surface area contributed by atoms with Crippen LogP contribution >= 0.6 is 11.3 Å². The number of nitrogens with zero attached hydrogens (tertiary/aromatic N) is 2. The lowest BCUT2D eigenvalue weighted by Gasteiger charge is -2.14. The summed E-state index contributed by atoms with van der Waals surface area (Å²) in [6.07, 6.45) is 4.58. The first-order valence-electron chi connectivity index (χ1n) is 6.57. The Morgan fingerprint density at radius 2 is 2.35 bits per heavy atom. The van der Waals surface area contributed by atoms with Gasteiger partial charge in [0, 0.05) is 31.2 Å². The number of anilines is 1. The Morgan fingerprint density at radius 3 is 3.00 bits per heavy atom. The summed E-state index contributed by atoms with van der Waals surface area (Å²) in [6.45, 7) is 7.73. The van der Waals surface area contributed by atoms with Crippen LogP contribution in [-0.4, -0.2) is 25.1 Å². The van der Waals surface area contributed by atoms with Gasteiger partial charge in [-0.1, -0.05) is 13.8 Å². The Balaban J connectivity index is 1.80. The summed E-state index contributed by atoms with van der Waals surface area (Å²) in [5, 5.41) is 4.58. The summed E-state index contributed by atoms with van der Waals surface area (Å²) < 4.78 is 0. The number of nitrogens with one attached hydrogen (secondary N) is 1. The number of rotatable bonds is 7. The lowest BCUT2D eigenvalue weighted by atomic mass is 10.3. The second-order valence-corrected chi connectivity index (χ2v) is 6.23. The van der Waals surface area contributed by atoms with E-state index in [0.29, 0.717) is 0 Å². The number of hydrogen-bond acceptors (Lipinski definition) is 4. The van der Waals surface area contributed by atoms with Crippen LogP contribution in [-0.2, 0) is 6.54 Å². The molecule has 0 aromatic carbocycles. The van der Waals surface area contributed by atoms with E-state index in [9.17, 15) is 0 Å². The molecular weight excluding hydrogens is 230 g/mol. The molecule has 0 bridgehead atoms. The molecule has 1 aliphatic rings. The van der Waals surface area contributed by atoms with Crippen LogP contribution in [0, 0.1) is 11.8 Å². The number of aromatic nitrogens is 1. The molecule has 2 unspecified atom stereocenters. The van der Waals surface area contributed by atoms with Crippen LogP contribution in [0.15, 0.2) is 6.20 Å². The van der Waals surface area contributed by atoms with E-state index in [1.165, 1.54) is 17.7 Å². The highest BCUT2D eigenvalue weighted by atomic mass is 32.1. The van der Waals surface area contributed by atoms with Crippen molar-refractivity contribution in [1.82, 2.24) is 10.3 Å². The lowest BCUT2D eigenvalue weighted by Crippen LogP contribution is -2.20. The SMILES string of the molecule is CCCNCc1cnc(N(C)CC2CC2C)s1. The van der Waals surface area contributed by atoms with Crippen molar-refractivity contribution < 1.29 is 0 Å². The van der Waals surface area contributed by atoms with E-state index < -0.39 is 0 Å². The van der Waals surface area contributed by atoms with Crippen LogP contribution in [0.1, 0.15) is 31.6 Å². The first kappa shape index (κ1) is 12.8. The molecule has 96 valence electrons. The third-order valence-electron chi connectivity index (χ3n) is 3.38. The molecule has 4 heteroatoms. The van der Waals surface area contributed by atoms with Crippen LogP contribution in [0.3, 0.4) is 0 Å². The van der Waals surface area contributed by atoms with Gasteiger partial charge in [-0.3, -0.25) is 0 Å². The first-order chi connectivity index (χ1) is 8.20. The molecule has 1 aromatic heterocycles. The van der Waals surface area contributed by atoms with Gasteiger partial charge in [0.1, 0.15) is 0 Å². The van der Waals surface area contributed by atoms with Crippen LogP contribution in [0.2, 0.25) is 0 Å². The third kappa shape index (κ3) is 3.68. The van der Waals surface area contributed by atoms with Crippen molar-refractivity contribution in [3.63, 3.8) is 0 Å². The molecule has 0 spiro atoms. The van der Waals surface area contributed by atoms with Crippen molar-refractivity contribution in [3.8, 4) is 0 Å². The topological polar surface area (TPSA) is 28.2 Å². The molecule has 0 amide bonds. The van der Waals surface area contributed by atoms with E-state index >= 15 is 0 Å². The average Bonchev–Trinajstić information content (AvgIpc) is 2.82. The van der Waals surface area contributed by atoms with Gasteiger partial charge in [0.05, 0.1) is 0 Å². The van der Waals surface area contributed by atoms with Crippen molar-refractivity contribution in [2.75, 3.05) is 25.0 Å². The predicted molar refractivity (Wildman–Crippen MR) is 74.7 cm³/mol. The summed E-state index contributed by atoms with van der Waals surface area (Å²) in [5.74, 6) is 1.81. The minimum atomic E-state index is 0.894. The maximum absolute atomic E-state index is 4.51. The van der Waals surface area contributed by atoms with Gasteiger partial charge in [-0.25, -0.2) is 4.98 Å². The standard InChI is InChI=1S/C13H23N3S/c1-4-5-14-7-12-8-15-13(17-12)16(3)9-11-6-10(11)2/h8,10-11,14H,4-7,9H2,1-3H3. The van der Waals surface area contributed by atoms with E-state index in [4.69, 9.17) is 0 Å². The minimum absolute atomic E-state index is 0.894. The van der Waals surface area contributed by atoms with Gasteiger partial charge in [0.2, 0.25) is 0 Å². The second kappa shape index (κ2) is 5.83. The largest absolute Gasteiger partial charge is 0.351 e. The molecule has 0 aliphatic heterocycles. The number of thiazole rings is 1. The first-order valence-corrected chi connectivity index (χ1v) is 7.39. The molecule has 2 atom stereocenters. The van der Waals surface area contributed by atoms with Gasteiger partial charge >= 0.3 is 0 Å². The van der Waals surface area contributed by atoms with Crippen molar-refractivity contribution in [1.29, 1.82) is 0 Å². The highest BCUT2D eigenvalue weighted by Crippen LogP contribution is 2.39. The zero-order valence-electron chi connectivity index (χ0n) is 11.1. The summed E-state index contributed by atoms with van der Waals surface area (Å²) in [4.78, 5) is 8.15.